The minimum atomic E-state index is -3.74. The molecule has 0 aliphatic carbocycles. The average Bonchev–Trinajstić information content (AvgIpc) is 2.84. The van der Waals surface area contributed by atoms with Crippen molar-refractivity contribution in [3.63, 3.8) is 0 Å². The topological polar surface area (TPSA) is 100 Å². The van der Waals surface area contributed by atoms with Crippen LogP contribution < -0.4 is 0 Å². The Hall–Kier alpha value is -2.82. The van der Waals surface area contributed by atoms with Gasteiger partial charge in [-0.25, -0.2) is 8.42 Å². The van der Waals surface area contributed by atoms with Gasteiger partial charge in [-0.2, -0.15) is 4.31 Å². The molecule has 2 aromatic rings. The molecule has 0 saturated carbocycles. The van der Waals surface area contributed by atoms with E-state index in [0.29, 0.717) is 37.4 Å². The number of amides is 2. The molecule has 2 amide bonds. The van der Waals surface area contributed by atoms with Gasteiger partial charge >= 0.3 is 0 Å². The number of hydrogen-bond acceptors (Lipinski definition) is 6. The van der Waals surface area contributed by atoms with Crippen LogP contribution in [0, 0.1) is 0 Å². The summed E-state index contributed by atoms with van der Waals surface area (Å²) in [5.41, 5.74) is 1.04. The summed E-state index contributed by atoms with van der Waals surface area (Å²) >= 11 is 0. The molecule has 10 heteroatoms. The molecule has 4 rings (SSSR count). The van der Waals surface area contributed by atoms with E-state index < -0.39 is 10.0 Å². The van der Waals surface area contributed by atoms with Crippen LogP contribution in [0.2, 0.25) is 0 Å². The predicted molar refractivity (Wildman–Crippen MR) is 126 cm³/mol. The molecule has 2 aliphatic heterocycles. The third-order valence-electron chi connectivity index (χ3n) is 6.08. The van der Waals surface area contributed by atoms with Crippen molar-refractivity contribution in [1.29, 1.82) is 0 Å². The maximum Gasteiger partial charge on any atom is 0.254 e. The van der Waals surface area contributed by atoms with Gasteiger partial charge in [-0.05, 0) is 44.2 Å². The summed E-state index contributed by atoms with van der Waals surface area (Å²) in [6.07, 6.45) is 1.50. The zero-order valence-corrected chi connectivity index (χ0v) is 20.3. The fourth-order valence-corrected chi connectivity index (χ4v) is 6.01. The van der Waals surface area contributed by atoms with E-state index in [1.165, 1.54) is 16.4 Å². The number of carbonyl (C=O) groups is 2. The van der Waals surface area contributed by atoms with E-state index in [1.807, 2.05) is 26.0 Å². The van der Waals surface area contributed by atoms with E-state index in [0.717, 1.165) is 0 Å². The molecule has 2 unspecified atom stereocenters. The summed E-state index contributed by atoms with van der Waals surface area (Å²) in [6, 6.07) is 11.7. The van der Waals surface area contributed by atoms with E-state index in [1.54, 1.807) is 34.2 Å². The van der Waals surface area contributed by atoms with Crippen molar-refractivity contribution in [2.45, 2.75) is 37.4 Å². The van der Waals surface area contributed by atoms with Crippen LogP contribution in [0.25, 0.3) is 0 Å². The monoisotopic (exact) mass is 486 g/mol. The zero-order chi connectivity index (χ0) is 24.3. The molecule has 0 spiro atoms. The maximum atomic E-state index is 13.2. The Balaban J connectivity index is 1.39. The largest absolute Gasteiger partial charge is 0.373 e. The summed E-state index contributed by atoms with van der Waals surface area (Å²) in [6.45, 7) is 5.89. The van der Waals surface area contributed by atoms with E-state index >= 15 is 0 Å². The molecule has 2 atom stereocenters. The van der Waals surface area contributed by atoms with Crippen LogP contribution in [-0.2, 0) is 26.0 Å². The van der Waals surface area contributed by atoms with Crippen LogP contribution in [-0.4, -0.2) is 90.8 Å². The smallest absolute Gasteiger partial charge is 0.254 e. The number of ether oxygens (including phenoxy) is 1. The molecule has 9 nitrogen and oxygen atoms in total. The lowest BCUT2D eigenvalue weighted by Gasteiger charge is -2.35. The van der Waals surface area contributed by atoms with Crippen molar-refractivity contribution >= 4 is 21.8 Å². The number of benzene rings is 1. The van der Waals surface area contributed by atoms with Gasteiger partial charge in [-0.1, -0.05) is 12.1 Å². The second-order valence-corrected chi connectivity index (χ2v) is 10.7. The first kappa shape index (κ1) is 24.3. The molecule has 2 fully saturated rings. The summed E-state index contributed by atoms with van der Waals surface area (Å²) in [4.78, 5) is 33.4. The molecule has 3 heterocycles. The van der Waals surface area contributed by atoms with Gasteiger partial charge in [0, 0.05) is 56.7 Å². The molecule has 1 aromatic heterocycles. The van der Waals surface area contributed by atoms with Gasteiger partial charge < -0.3 is 14.5 Å². The Labute approximate surface area is 200 Å². The molecular weight excluding hydrogens is 456 g/mol. The lowest BCUT2D eigenvalue weighted by molar-refractivity contribution is -0.132. The Bertz CT molecular complexity index is 1120. The maximum absolute atomic E-state index is 13.2. The number of pyridine rings is 1. The van der Waals surface area contributed by atoms with Crippen molar-refractivity contribution in [3.05, 3.63) is 59.9 Å². The third-order valence-corrected chi connectivity index (χ3v) is 7.91. The Morgan fingerprint density at radius 2 is 1.65 bits per heavy atom. The number of aromatic nitrogens is 1. The zero-order valence-electron chi connectivity index (χ0n) is 19.5. The van der Waals surface area contributed by atoms with Crippen LogP contribution in [0.5, 0.6) is 0 Å². The van der Waals surface area contributed by atoms with Crippen molar-refractivity contribution in [2.75, 3.05) is 39.3 Å². The molecule has 0 radical (unpaired) electrons. The van der Waals surface area contributed by atoms with E-state index in [4.69, 9.17) is 4.74 Å². The predicted octanol–water partition coefficient (Wildman–Crippen LogP) is 1.41. The van der Waals surface area contributed by atoms with E-state index in [2.05, 4.69) is 4.98 Å². The molecule has 0 bridgehead atoms. The van der Waals surface area contributed by atoms with Gasteiger partial charge in [-0.3, -0.25) is 14.6 Å². The molecule has 182 valence electrons. The van der Waals surface area contributed by atoms with Gasteiger partial charge in [0.05, 0.1) is 23.5 Å². The summed E-state index contributed by atoms with van der Waals surface area (Å²) in [5, 5.41) is 0. The van der Waals surface area contributed by atoms with Crippen LogP contribution >= 0.6 is 0 Å². The SMILES string of the molecule is CC1CN(S(=O)(=O)c2cccc(C(=O)N3CCN(C(=O)Cc4ccccn4)CC3)c2)CC(C)O1. The Morgan fingerprint density at radius 1 is 0.971 bits per heavy atom. The van der Waals surface area contributed by atoms with Gasteiger partial charge in [-0.15, -0.1) is 0 Å². The second kappa shape index (κ2) is 10.2. The minimum Gasteiger partial charge on any atom is -0.373 e. The third kappa shape index (κ3) is 5.45. The number of nitrogens with zero attached hydrogens (tertiary/aromatic N) is 4. The first-order valence-electron chi connectivity index (χ1n) is 11.5. The highest BCUT2D eigenvalue weighted by molar-refractivity contribution is 7.89. The average molecular weight is 487 g/mol. The van der Waals surface area contributed by atoms with Crippen LogP contribution in [0.3, 0.4) is 0 Å². The van der Waals surface area contributed by atoms with Gasteiger partial charge in [0.15, 0.2) is 0 Å². The Morgan fingerprint density at radius 3 is 2.29 bits per heavy atom. The van der Waals surface area contributed by atoms with Crippen molar-refractivity contribution in [3.8, 4) is 0 Å². The number of rotatable bonds is 5. The fourth-order valence-electron chi connectivity index (χ4n) is 4.38. The van der Waals surface area contributed by atoms with Crippen LogP contribution in [0.15, 0.2) is 53.6 Å². The van der Waals surface area contributed by atoms with Gasteiger partial charge in [0.2, 0.25) is 15.9 Å². The highest BCUT2D eigenvalue weighted by atomic mass is 32.2. The van der Waals surface area contributed by atoms with Crippen molar-refractivity contribution in [2.24, 2.45) is 0 Å². The number of carbonyl (C=O) groups excluding carboxylic acids is 2. The number of hydrogen-bond donors (Lipinski definition) is 0. The molecule has 2 saturated heterocycles. The van der Waals surface area contributed by atoms with E-state index in [9.17, 15) is 18.0 Å². The highest BCUT2D eigenvalue weighted by Gasteiger charge is 2.33. The summed E-state index contributed by atoms with van der Waals surface area (Å²) < 4.78 is 33.5. The van der Waals surface area contributed by atoms with E-state index in [-0.39, 0.29) is 48.4 Å². The van der Waals surface area contributed by atoms with Gasteiger partial charge in [0.25, 0.3) is 5.91 Å². The van der Waals surface area contributed by atoms with Crippen molar-refractivity contribution in [1.82, 2.24) is 19.1 Å². The molecule has 0 N–H and O–H groups in total. The number of morpholine rings is 1. The summed E-state index contributed by atoms with van der Waals surface area (Å²) in [7, 11) is -3.74. The number of sulfonamides is 1. The summed E-state index contributed by atoms with van der Waals surface area (Å²) in [5.74, 6) is -0.259. The molecular formula is C24H30N4O5S. The first-order valence-corrected chi connectivity index (χ1v) is 12.9. The standard InChI is InChI=1S/C24H30N4O5S/c1-18-16-28(17-19(2)33-18)34(31,32)22-8-5-6-20(14-22)24(30)27-12-10-26(11-13-27)23(29)15-21-7-3-4-9-25-21/h3-9,14,18-19H,10-13,15-17H2,1-2H3. The normalized spacial score (nSPS) is 21.9. The highest BCUT2D eigenvalue weighted by Crippen LogP contribution is 2.22. The van der Waals surface area contributed by atoms with Gasteiger partial charge in [0.1, 0.15) is 0 Å². The van der Waals surface area contributed by atoms with Crippen LogP contribution in [0.4, 0.5) is 0 Å². The minimum absolute atomic E-state index is 0.0205. The second-order valence-electron chi connectivity index (χ2n) is 8.78. The quantitative estimate of drug-likeness (QED) is 0.634. The fraction of sp³-hybridized carbons (Fsp3) is 0.458. The molecule has 1 aromatic carbocycles. The lowest BCUT2D eigenvalue weighted by Crippen LogP contribution is -2.51. The lowest BCUT2D eigenvalue weighted by atomic mass is 10.1. The van der Waals surface area contributed by atoms with Crippen molar-refractivity contribution < 1.29 is 22.7 Å². The molecule has 34 heavy (non-hydrogen) atoms. The molecule has 2 aliphatic rings. The Kier molecular flexibility index (Phi) is 7.30. The first-order chi connectivity index (χ1) is 16.2. The van der Waals surface area contributed by atoms with Crippen LogP contribution in [0.1, 0.15) is 29.9 Å². The number of piperazine rings is 1.